The summed E-state index contributed by atoms with van der Waals surface area (Å²) in [4.78, 5) is 0. The molecule has 1 aliphatic rings. The largest absolute Gasteiger partial charge is 0.508 e. The molecule has 0 saturated carbocycles. The van der Waals surface area contributed by atoms with E-state index in [2.05, 4.69) is 43.2 Å². The lowest BCUT2D eigenvalue weighted by Crippen LogP contribution is -2.60. The first-order valence-electron chi connectivity index (χ1n) is 12.4. The number of phenols is 1. The molecule has 0 radical (unpaired) electrons. The van der Waals surface area contributed by atoms with E-state index >= 15 is 0 Å². The Bertz CT molecular complexity index is 1340. The van der Waals surface area contributed by atoms with Crippen molar-refractivity contribution in [2.75, 3.05) is 0 Å². The molecule has 0 aliphatic carbocycles. The maximum absolute atomic E-state index is 9.96. The Morgan fingerprint density at radius 1 is 0.861 bits per heavy atom. The van der Waals surface area contributed by atoms with Crippen molar-refractivity contribution in [1.29, 1.82) is 0 Å². The van der Waals surface area contributed by atoms with Gasteiger partial charge in [0.2, 0.25) is 5.88 Å². The Morgan fingerprint density at radius 2 is 1.61 bits per heavy atom. The van der Waals surface area contributed by atoms with Crippen LogP contribution in [0, 0.1) is 0 Å². The van der Waals surface area contributed by atoms with Crippen LogP contribution in [0.15, 0.2) is 72.8 Å². The van der Waals surface area contributed by atoms with E-state index in [4.69, 9.17) is 9.47 Å². The third-order valence-corrected chi connectivity index (χ3v) is 6.52. The summed E-state index contributed by atoms with van der Waals surface area (Å²) < 4.78 is 12.5. The van der Waals surface area contributed by atoms with Crippen LogP contribution < -0.4 is 14.8 Å². The Hall–Kier alpha value is -3.64. The highest BCUT2D eigenvalue weighted by molar-refractivity contribution is 5.91. The SMILES string of the molecule is CC1(C)CC(Oc2ccc(-c3cc4ccc(O)cc4cc3OCc3ccccc3)nn2)CC(C)(C)N1. The fourth-order valence-electron chi connectivity index (χ4n) is 5.33. The molecule has 0 amide bonds. The molecule has 186 valence electrons. The lowest BCUT2D eigenvalue weighted by Gasteiger charge is -2.46. The normalized spacial score (nSPS) is 17.1. The Kier molecular flexibility index (Phi) is 6.31. The van der Waals surface area contributed by atoms with E-state index in [0.717, 1.165) is 34.7 Å². The molecule has 6 nitrogen and oxygen atoms in total. The van der Waals surface area contributed by atoms with Gasteiger partial charge < -0.3 is 19.9 Å². The van der Waals surface area contributed by atoms with E-state index in [9.17, 15) is 5.11 Å². The van der Waals surface area contributed by atoms with Crippen LogP contribution in [0.3, 0.4) is 0 Å². The number of nitrogens with one attached hydrogen (secondary N) is 1. The van der Waals surface area contributed by atoms with Crippen molar-refractivity contribution in [2.24, 2.45) is 0 Å². The summed E-state index contributed by atoms with van der Waals surface area (Å²) in [6.07, 6.45) is 1.86. The van der Waals surface area contributed by atoms with Crippen molar-refractivity contribution in [1.82, 2.24) is 15.5 Å². The van der Waals surface area contributed by atoms with Crippen molar-refractivity contribution < 1.29 is 14.6 Å². The number of hydrogen-bond acceptors (Lipinski definition) is 6. The summed E-state index contributed by atoms with van der Waals surface area (Å²) in [5.41, 5.74) is 2.59. The first-order valence-corrected chi connectivity index (χ1v) is 12.4. The minimum absolute atomic E-state index is 0.00961. The number of hydrogen-bond donors (Lipinski definition) is 2. The van der Waals surface area contributed by atoms with Crippen LogP contribution in [0.4, 0.5) is 0 Å². The van der Waals surface area contributed by atoms with Crippen LogP contribution in [0.25, 0.3) is 22.0 Å². The molecule has 2 N–H and O–H groups in total. The second-order valence-corrected chi connectivity index (χ2v) is 11.0. The fourth-order valence-corrected chi connectivity index (χ4v) is 5.33. The van der Waals surface area contributed by atoms with Gasteiger partial charge in [0, 0.05) is 35.5 Å². The molecule has 1 aromatic heterocycles. The Labute approximate surface area is 212 Å². The lowest BCUT2D eigenvalue weighted by atomic mass is 9.81. The van der Waals surface area contributed by atoms with Crippen molar-refractivity contribution in [3.63, 3.8) is 0 Å². The summed E-state index contributed by atoms with van der Waals surface area (Å²) in [6, 6.07) is 23.1. The van der Waals surface area contributed by atoms with Crippen LogP contribution in [-0.4, -0.2) is 32.5 Å². The van der Waals surface area contributed by atoms with E-state index in [0.29, 0.717) is 23.9 Å². The molecular weight excluding hydrogens is 450 g/mol. The van der Waals surface area contributed by atoms with Crippen LogP contribution in [-0.2, 0) is 6.61 Å². The molecule has 0 atom stereocenters. The number of rotatable bonds is 6. The minimum Gasteiger partial charge on any atom is -0.508 e. The Balaban J connectivity index is 1.42. The smallest absolute Gasteiger partial charge is 0.233 e. The zero-order valence-electron chi connectivity index (χ0n) is 21.3. The quantitative estimate of drug-likeness (QED) is 0.337. The van der Waals surface area contributed by atoms with Crippen LogP contribution >= 0.6 is 0 Å². The minimum atomic E-state index is -0.00961. The van der Waals surface area contributed by atoms with Crippen molar-refractivity contribution >= 4 is 10.8 Å². The predicted molar refractivity (Wildman–Crippen MR) is 142 cm³/mol. The standard InChI is InChI=1S/C30H33N3O3/c1-29(2)17-24(18-30(3,4)33-29)36-28-13-12-26(31-32-28)25-15-21-10-11-23(34)14-22(21)16-27(25)35-19-20-8-6-5-7-9-20/h5-16,24,33-34H,17-19H2,1-4H3. The van der Waals surface area contributed by atoms with Gasteiger partial charge in [-0.2, -0.15) is 0 Å². The molecule has 4 aromatic rings. The number of benzene rings is 3. The highest BCUT2D eigenvalue weighted by Gasteiger charge is 2.38. The van der Waals surface area contributed by atoms with E-state index in [1.54, 1.807) is 12.1 Å². The number of nitrogens with zero attached hydrogens (tertiary/aromatic N) is 2. The van der Waals surface area contributed by atoms with Gasteiger partial charge in [-0.25, -0.2) is 0 Å². The second kappa shape index (κ2) is 9.43. The molecule has 0 spiro atoms. The van der Waals surface area contributed by atoms with Gasteiger partial charge in [0.15, 0.2) is 0 Å². The van der Waals surface area contributed by atoms with Gasteiger partial charge in [-0.1, -0.05) is 36.4 Å². The number of fused-ring (bicyclic) bond motifs is 1. The topological polar surface area (TPSA) is 76.5 Å². The van der Waals surface area contributed by atoms with Gasteiger partial charge in [0.25, 0.3) is 0 Å². The van der Waals surface area contributed by atoms with E-state index in [-0.39, 0.29) is 22.9 Å². The van der Waals surface area contributed by atoms with Crippen molar-refractivity contribution in [2.45, 2.75) is 64.3 Å². The average molecular weight is 484 g/mol. The summed E-state index contributed by atoms with van der Waals surface area (Å²) in [6.45, 7) is 9.24. The number of ether oxygens (including phenoxy) is 2. The number of phenolic OH excluding ortho intramolecular Hbond substituents is 1. The van der Waals surface area contributed by atoms with Crippen molar-refractivity contribution in [3.05, 3.63) is 78.4 Å². The highest BCUT2D eigenvalue weighted by Crippen LogP contribution is 2.36. The van der Waals surface area contributed by atoms with E-state index in [1.165, 1.54) is 0 Å². The van der Waals surface area contributed by atoms with E-state index in [1.807, 2.05) is 60.7 Å². The summed E-state index contributed by atoms with van der Waals surface area (Å²) in [5, 5.41) is 24.4. The lowest BCUT2D eigenvalue weighted by molar-refractivity contribution is 0.0524. The molecule has 1 fully saturated rings. The summed E-state index contributed by atoms with van der Waals surface area (Å²) in [7, 11) is 0. The molecule has 0 bridgehead atoms. The molecular formula is C30H33N3O3. The van der Waals surface area contributed by atoms with Gasteiger partial charge in [0.1, 0.15) is 24.2 Å². The molecule has 36 heavy (non-hydrogen) atoms. The molecule has 3 aromatic carbocycles. The fraction of sp³-hybridized carbons (Fsp3) is 0.333. The zero-order chi connectivity index (χ0) is 25.3. The molecule has 0 unspecified atom stereocenters. The third kappa shape index (κ3) is 5.60. The molecule has 5 rings (SSSR count). The van der Waals surface area contributed by atoms with Gasteiger partial charge in [-0.05, 0) is 74.4 Å². The number of piperidine rings is 1. The average Bonchev–Trinajstić information content (AvgIpc) is 2.81. The van der Waals surface area contributed by atoms with Gasteiger partial charge >= 0.3 is 0 Å². The van der Waals surface area contributed by atoms with Crippen LogP contribution in [0.5, 0.6) is 17.4 Å². The molecule has 1 aliphatic heterocycles. The second-order valence-electron chi connectivity index (χ2n) is 11.0. The van der Waals surface area contributed by atoms with Crippen molar-refractivity contribution in [3.8, 4) is 28.6 Å². The maximum atomic E-state index is 9.96. The van der Waals surface area contributed by atoms with Crippen LogP contribution in [0.1, 0.15) is 46.1 Å². The Morgan fingerprint density at radius 3 is 2.31 bits per heavy atom. The van der Waals surface area contributed by atoms with Gasteiger partial charge in [0.05, 0.1) is 5.69 Å². The molecule has 6 heteroatoms. The maximum Gasteiger partial charge on any atom is 0.233 e. The first kappa shape index (κ1) is 24.1. The summed E-state index contributed by atoms with van der Waals surface area (Å²) in [5.74, 6) is 1.42. The number of aromatic nitrogens is 2. The number of aromatic hydroxyl groups is 1. The van der Waals surface area contributed by atoms with Gasteiger partial charge in [-0.3, -0.25) is 0 Å². The third-order valence-electron chi connectivity index (χ3n) is 6.52. The zero-order valence-corrected chi connectivity index (χ0v) is 21.3. The van der Waals surface area contributed by atoms with Gasteiger partial charge in [-0.15, -0.1) is 10.2 Å². The molecule has 1 saturated heterocycles. The molecule has 2 heterocycles. The van der Waals surface area contributed by atoms with Crippen LogP contribution in [0.2, 0.25) is 0 Å². The summed E-state index contributed by atoms with van der Waals surface area (Å²) >= 11 is 0. The predicted octanol–water partition coefficient (Wildman–Crippen LogP) is 6.27. The first-order chi connectivity index (χ1) is 17.2. The van der Waals surface area contributed by atoms with E-state index < -0.39 is 0 Å². The monoisotopic (exact) mass is 483 g/mol. The highest BCUT2D eigenvalue weighted by atomic mass is 16.5.